The van der Waals surface area contributed by atoms with E-state index >= 15 is 0 Å². The molecule has 3 aromatic rings. The SMILES string of the molecule is Clc1ccccc1CNc1nccc(Nc2ccc(N3CCCCC3)cc2)n1. The molecule has 6 heteroatoms. The second-order valence-electron chi connectivity index (χ2n) is 6.93. The van der Waals surface area contributed by atoms with Crippen LogP contribution in [0.2, 0.25) is 5.02 Å². The molecular formula is C22H24ClN5. The predicted octanol–water partition coefficient (Wildman–Crippen LogP) is 5.48. The Labute approximate surface area is 170 Å². The van der Waals surface area contributed by atoms with Gasteiger partial charge in [0.15, 0.2) is 0 Å². The van der Waals surface area contributed by atoms with E-state index in [1.165, 1.54) is 24.9 Å². The molecule has 0 radical (unpaired) electrons. The van der Waals surface area contributed by atoms with Crippen LogP contribution in [0, 0.1) is 0 Å². The van der Waals surface area contributed by atoms with Gasteiger partial charge in [-0.05, 0) is 61.2 Å². The molecule has 0 amide bonds. The van der Waals surface area contributed by atoms with Gasteiger partial charge in [-0.15, -0.1) is 0 Å². The minimum atomic E-state index is 0.565. The van der Waals surface area contributed by atoms with Gasteiger partial charge in [-0.1, -0.05) is 29.8 Å². The molecule has 5 nitrogen and oxygen atoms in total. The number of piperidine rings is 1. The van der Waals surface area contributed by atoms with E-state index in [1.807, 2.05) is 30.3 Å². The molecule has 2 N–H and O–H groups in total. The minimum absolute atomic E-state index is 0.565. The largest absolute Gasteiger partial charge is 0.372 e. The Morgan fingerprint density at radius 3 is 2.50 bits per heavy atom. The quantitative estimate of drug-likeness (QED) is 0.581. The smallest absolute Gasteiger partial charge is 0.224 e. The Morgan fingerprint density at radius 2 is 1.71 bits per heavy atom. The number of hydrogen-bond donors (Lipinski definition) is 2. The van der Waals surface area contributed by atoms with Crippen LogP contribution in [0.1, 0.15) is 24.8 Å². The molecule has 0 spiro atoms. The number of benzene rings is 2. The summed E-state index contributed by atoms with van der Waals surface area (Å²) >= 11 is 6.20. The van der Waals surface area contributed by atoms with Gasteiger partial charge in [0.2, 0.25) is 5.95 Å². The molecular weight excluding hydrogens is 370 g/mol. The lowest BCUT2D eigenvalue weighted by molar-refractivity contribution is 0.578. The molecule has 1 aromatic heterocycles. The first-order chi connectivity index (χ1) is 13.8. The third-order valence-corrected chi connectivity index (χ3v) is 5.28. The van der Waals surface area contributed by atoms with Crippen LogP contribution in [0.5, 0.6) is 0 Å². The molecule has 1 saturated heterocycles. The van der Waals surface area contributed by atoms with Crippen molar-refractivity contribution in [1.82, 2.24) is 9.97 Å². The number of halogens is 1. The summed E-state index contributed by atoms with van der Waals surface area (Å²) in [4.78, 5) is 11.3. The summed E-state index contributed by atoms with van der Waals surface area (Å²) in [6.07, 6.45) is 5.65. The van der Waals surface area contributed by atoms with Crippen molar-refractivity contribution in [3.63, 3.8) is 0 Å². The third-order valence-electron chi connectivity index (χ3n) is 4.91. The van der Waals surface area contributed by atoms with Crippen LogP contribution in [0.25, 0.3) is 0 Å². The minimum Gasteiger partial charge on any atom is -0.372 e. The molecule has 2 heterocycles. The second-order valence-corrected chi connectivity index (χ2v) is 7.34. The lowest BCUT2D eigenvalue weighted by Gasteiger charge is -2.28. The van der Waals surface area contributed by atoms with Gasteiger partial charge >= 0.3 is 0 Å². The zero-order chi connectivity index (χ0) is 19.2. The Hall–Kier alpha value is -2.79. The normalized spacial score (nSPS) is 14.0. The highest BCUT2D eigenvalue weighted by Gasteiger charge is 2.10. The van der Waals surface area contributed by atoms with E-state index in [0.29, 0.717) is 12.5 Å². The average Bonchev–Trinajstić information content (AvgIpc) is 2.75. The summed E-state index contributed by atoms with van der Waals surface area (Å²) in [7, 11) is 0. The zero-order valence-corrected chi connectivity index (χ0v) is 16.5. The van der Waals surface area contributed by atoms with Crippen LogP contribution >= 0.6 is 11.6 Å². The average molecular weight is 394 g/mol. The molecule has 2 aromatic carbocycles. The fourth-order valence-electron chi connectivity index (χ4n) is 3.39. The first-order valence-electron chi connectivity index (χ1n) is 9.70. The molecule has 0 aliphatic carbocycles. The molecule has 0 unspecified atom stereocenters. The molecule has 1 aliphatic heterocycles. The van der Waals surface area contributed by atoms with Gasteiger partial charge in [0.25, 0.3) is 0 Å². The number of rotatable bonds is 6. The van der Waals surface area contributed by atoms with Crippen LogP contribution in [0.4, 0.5) is 23.1 Å². The Morgan fingerprint density at radius 1 is 0.929 bits per heavy atom. The fraction of sp³-hybridized carbons (Fsp3) is 0.273. The number of nitrogens with zero attached hydrogens (tertiary/aromatic N) is 3. The molecule has 1 fully saturated rings. The topological polar surface area (TPSA) is 53.1 Å². The first-order valence-corrected chi connectivity index (χ1v) is 10.1. The van der Waals surface area contributed by atoms with Crippen molar-refractivity contribution >= 4 is 34.7 Å². The molecule has 0 saturated carbocycles. The van der Waals surface area contributed by atoms with Crippen molar-refractivity contribution in [2.75, 3.05) is 28.6 Å². The summed E-state index contributed by atoms with van der Waals surface area (Å²) in [5.41, 5.74) is 3.31. The van der Waals surface area contributed by atoms with E-state index in [-0.39, 0.29) is 0 Å². The highest BCUT2D eigenvalue weighted by Crippen LogP contribution is 2.23. The Bertz CT molecular complexity index is 907. The summed E-state index contributed by atoms with van der Waals surface area (Å²) < 4.78 is 0. The van der Waals surface area contributed by atoms with Crippen LogP contribution in [-0.2, 0) is 6.54 Å². The number of nitrogens with one attached hydrogen (secondary N) is 2. The number of anilines is 4. The van der Waals surface area contributed by atoms with E-state index in [4.69, 9.17) is 11.6 Å². The third kappa shape index (κ3) is 4.73. The van der Waals surface area contributed by atoms with Gasteiger partial charge in [-0.3, -0.25) is 0 Å². The van der Waals surface area contributed by atoms with Gasteiger partial charge in [-0.2, -0.15) is 4.98 Å². The van der Waals surface area contributed by atoms with Crippen molar-refractivity contribution in [2.24, 2.45) is 0 Å². The van der Waals surface area contributed by atoms with Gasteiger partial charge in [0.05, 0.1) is 0 Å². The van der Waals surface area contributed by atoms with E-state index in [0.717, 1.165) is 35.2 Å². The van der Waals surface area contributed by atoms with Crippen LogP contribution < -0.4 is 15.5 Å². The maximum Gasteiger partial charge on any atom is 0.224 e. The highest BCUT2D eigenvalue weighted by molar-refractivity contribution is 6.31. The molecule has 0 bridgehead atoms. The summed E-state index contributed by atoms with van der Waals surface area (Å²) in [6.45, 7) is 2.88. The van der Waals surface area contributed by atoms with E-state index in [9.17, 15) is 0 Å². The van der Waals surface area contributed by atoms with E-state index < -0.39 is 0 Å². The maximum absolute atomic E-state index is 6.20. The van der Waals surface area contributed by atoms with Crippen LogP contribution in [0.3, 0.4) is 0 Å². The summed E-state index contributed by atoms with van der Waals surface area (Å²) in [6, 6.07) is 18.2. The summed E-state index contributed by atoms with van der Waals surface area (Å²) in [5.74, 6) is 1.32. The summed E-state index contributed by atoms with van der Waals surface area (Å²) in [5, 5.41) is 7.31. The van der Waals surface area contributed by atoms with Crippen molar-refractivity contribution in [3.8, 4) is 0 Å². The van der Waals surface area contributed by atoms with Crippen molar-refractivity contribution < 1.29 is 0 Å². The van der Waals surface area contributed by atoms with Crippen molar-refractivity contribution in [2.45, 2.75) is 25.8 Å². The molecule has 1 aliphatic rings. The lowest BCUT2D eigenvalue weighted by Crippen LogP contribution is -2.29. The molecule has 144 valence electrons. The molecule has 28 heavy (non-hydrogen) atoms. The van der Waals surface area contributed by atoms with E-state index in [1.54, 1.807) is 6.20 Å². The van der Waals surface area contributed by atoms with E-state index in [2.05, 4.69) is 49.8 Å². The molecule has 4 rings (SSSR count). The Balaban J connectivity index is 1.38. The number of aromatic nitrogens is 2. The van der Waals surface area contributed by atoms with Crippen molar-refractivity contribution in [3.05, 3.63) is 71.4 Å². The first kappa shape index (κ1) is 18.6. The van der Waals surface area contributed by atoms with Gasteiger partial charge in [0.1, 0.15) is 5.82 Å². The van der Waals surface area contributed by atoms with Gasteiger partial charge < -0.3 is 15.5 Å². The molecule has 0 atom stereocenters. The monoisotopic (exact) mass is 393 g/mol. The highest BCUT2D eigenvalue weighted by atomic mass is 35.5. The van der Waals surface area contributed by atoms with Gasteiger partial charge in [0, 0.05) is 42.2 Å². The predicted molar refractivity (Wildman–Crippen MR) is 117 cm³/mol. The lowest BCUT2D eigenvalue weighted by atomic mass is 10.1. The fourth-order valence-corrected chi connectivity index (χ4v) is 3.59. The van der Waals surface area contributed by atoms with Gasteiger partial charge in [-0.25, -0.2) is 4.98 Å². The number of hydrogen-bond acceptors (Lipinski definition) is 5. The maximum atomic E-state index is 6.20. The Kier molecular flexibility index (Phi) is 5.92. The van der Waals surface area contributed by atoms with Crippen molar-refractivity contribution in [1.29, 1.82) is 0 Å². The standard InChI is InChI=1S/C22H24ClN5/c23-20-7-3-2-6-17(20)16-25-22-24-13-12-21(27-22)26-18-8-10-19(11-9-18)28-14-4-1-5-15-28/h2-3,6-13H,1,4-5,14-16H2,(H2,24,25,26,27). The second kappa shape index (κ2) is 8.93. The zero-order valence-electron chi connectivity index (χ0n) is 15.7. The van der Waals surface area contributed by atoms with Crippen LogP contribution in [0.15, 0.2) is 60.8 Å². The van der Waals surface area contributed by atoms with Crippen LogP contribution in [-0.4, -0.2) is 23.1 Å².